The zero-order valence-corrected chi connectivity index (χ0v) is 19.9. The van der Waals surface area contributed by atoms with Gasteiger partial charge in [0.1, 0.15) is 5.75 Å². The maximum atomic E-state index is 13.4. The van der Waals surface area contributed by atoms with Crippen molar-refractivity contribution in [2.45, 2.75) is 20.8 Å². The molecule has 1 N–H and O–H groups in total. The summed E-state index contributed by atoms with van der Waals surface area (Å²) in [5.41, 5.74) is 2.99. The Morgan fingerprint density at radius 3 is 1.88 bits per heavy atom. The van der Waals surface area contributed by atoms with Crippen molar-refractivity contribution in [3.8, 4) is 23.0 Å². The third-order valence-electron chi connectivity index (χ3n) is 5.21. The van der Waals surface area contributed by atoms with Crippen molar-refractivity contribution in [3.63, 3.8) is 0 Å². The number of aromatic nitrogens is 2. The molecule has 0 bridgehead atoms. The van der Waals surface area contributed by atoms with Crippen LogP contribution in [0.1, 0.15) is 18.1 Å². The third kappa shape index (κ3) is 4.67. The molecule has 0 atom stereocenters. The van der Waals surface area contributed by atoms with Crippen LogP contribution in [-0.4, -0.2) is 20.8 Å². The van der Waals surface area contributed by atoms with E-state index < -0.39 is 5.56 Å². The molecule has 8 heteroatoms. The minimum absolute atomic E-state index is 0.121. The molecule has 4 rings (SSSR count). The molecule has 34 heavy (non-hydrogen) atoms. The summed E-state index contributed by atoms with van der Waals surface area (Å²) in [5.74, 6) is 0.329. The summed E-state index contributed by atoms with van der Waals surface area (Å²) >= 11 is 5.65. The molecule has 0 aliphatic heterocycles. The van der Waals surface area contributed by atoms with Gasteiger partial charge in [-0.2, -0.15) is 5.11 Å². The van der Waals surface area contributed by atoms with Gasteiger partial charge in [-0.25, -0.2) is 0 Å². The smallest absolute Gasteiger partial charge is 0.290 e. The Morgan fingerprint density at radius 2 is 1.35 bits per heavy atom. The van der Waals surface area contributed by atoms with Gasteiger partial charge in [-0.1, -0.05) is 35.4 Å². The molecule has 0 unspecified atom stereocenters. The number of azo groups is 1. The Bertz CT molecular complexity index is 1450. The fraction of sp³-hybridized carbons (Fsp3) is 0.154. The van der Waals surface area contributed by atoms with Crippen molar-refractivity contribution in [3.05, 3.63) is 99.0 Å². The van der Waals surface area contributed by atoms with Gasteiger partial charge in [-0.15, -0.1) is 5.11 Å². The second-order valence-electron chi connectivity index (χ2n) is 7.73. The van der Waals surface area contributed by atoms with Crippen LogP contribution in [0.2, 0.25) is 0 Å². The van der Waals surface area contributed by atoms with Crippen molar-refractivity contribution >= 4 is 23.6 Å². The van der Waals surface area contributed by atoms with Crippen molar-refractivity contribution in [1.82, 2.24) is 9.13 Å². The highest BCUT2D eigenvalue weighted by atomic mass is 32.1. The second kappa shape index (κ2) is 9.84. The summed E-state index contributed by atoms with van der Waals surface area (Å²) < 4.78 is 8.33. The summed E-state index contributed by atoms with van der Waals surface area (Å²) in [7, 11) is 0. The highest BCUT2D eigenvalue weighted by Crippen LogP contribution is 2.29. The Labute approximate surface area is 202 Å². The molecule has 0 saturated carbocycles. The van der Waals surface area contributed by atoms with Crippen LogP contribution in [0.25, 0.3) is 11.4 Å². The molecule has 4 aromatic rings. The van der Waals surface area contributed by atoms with Crippen LogP contribution >= 0.6 is 12.2 Å². The molecule has 0 aliphatic carbocycles. The number of hydrogen-bond acceptors (Lipinski definition) is 6. The van der Waals surface area contributed by atoms with E-state index in [9.17, 15) is 9.90 Å². The number of aromatic hydroxyl groups is 1. The van der Waals surface area contributed by atoms with Crippen LogP contribution in [0.5, 0.6) is 11.6 Å². The molecule has 7 nitrogen and oxygen atoms in total. The summed E-state index contributed by atoms with van der Waals surface area (Å²) in [6.07, 6.45) is 0. The number of aryl methyl sites for hydroxylation is 2. The maximum Gasteiger partial charge on any atom is 0.290 e. The summed E-state index contributed by atoms with van der Waals surface area (Å²) in [4.78, 5) is 13.4. The lowest BCUT2D eigenvalue weighted by molar-refractivity contribution is 0.340. The van der Waals surface area contributed by atoms with Gasteiger partial charge in [0.05, 0.1) is 23.7 Å². The first-order valence-corrected chi connectivity index (χ1v) is 11.2. The quantitative estimate of drug-likeness (QED) is 0.257. The van der Waals surface area contributed by atoms with Crippen molar-refractivity contribution in [2.24, 2.45) is 10.2 Å². The molecule has 1 heterocycles. The van der Waals surface area contributed by atoms with E-state index in [-0.39, 0.29) is 16.3 Å². The van der Waals surface area contributed by atoms with E-state index in [0.717, 1.165) is 11.1 Å². The summed E-state index contributed by atoms with van der Waals surface area (Å²) in [6, 6.07) is 21.8. The highest BCUT2D eigenvalue weighted by molar-refractivity contribution is 7.71. The Hall–Kier alpha value is -4.04. The fourth-order valence-electron chi connectivity index (χ4n) is 3.40. The SMILES string of the molecule is CCOc1ccc(N=Nc2c(O)n(-c3ccc(C)cc3)c(=S)n(-c3ccc(C)cc3)c2=O)cc1. The minimum atomic E-state index is -0.565. The van der Waals surface area contributed by atoms with E-state index in [1.807, 2.05) is 57.2 Å². The first-order chi connectivity index (χ1) is 16.4. The standard InChI is InChI=1S/C26H24N4O3S/c1-4-33-22-15-9-19(10-16-22)27-28-23-24(31)29(20-11-5-17(2)6-12-20)26(34)30(25(23)32)21-13-7-18(3)8-14-21/h5-16,31H,4H2,1-3H3. The van der Waals surface area contributed by atoms with Gasteiger partial charge in [-0.3, -0.25) is 13.9 Å². The Balaban J connectivity index is 1.91. The molecular formula is C26H24N4O3S. The maximum absolute atomic E-state index is 13.4. The fourth-order valence-corrected chi connectivity index (χ4v) is 3.78. The van der Waals surface area contributed by atoms with Crippen LogP contribution in [0, 0.1) is 18.6 Å². The molecule has 0 spiro atoms. The van der Waals surface area contributed by atoms with E-state index in [0.29, 0.717) is 29.4 Å². The van der Waals surface area contributed by atoms with Gasteiger partial charge in [0, 0.05) is 0 Å². The molecule has 3 aromatic carbocycles. The van der Waals surface area contributed by atoms with Crippen LogP contribution in [0.4, 0.5) is 11.4 Å². The van der Waals surface area contributed by atoms with Crippen molar-refractivity contribution < 1.29 is 9.84 Å². The van der Waals surface area contributed by atoms with Crippen LogP contribution in [0.3, 0.4) is 0 Å². The van der Waals surface area contributed by atoms with Gasteiger partial charge in [-0.05, 0) is 81.5 Å². The predicted octanol–water partition coefficient (Wildman–Crippen LogP) is 6.49. The molecule has 0 amide bonds. The van der Waals surface area contributed by atoms with Crippen molar-refractivity contribution in [2.75, 3.05) is 6.61 Å². The van der Waals surface area contributed by atoms with Gasteiger partial charge >= 0.3 is 0 Å². The molecule has 1 aromatic heterocycles. The topological polar surface area (TPSA) is 81.1 Å². The Kier molecular flexibility index (Phi) is 6.70. The largest absolute Gasteiger partial charge is 0.494 e. The van der Waals surface area contributed by atoms with E-state index in [4.69, 9.17) is 17.0 Å². The van der Waals surface area contributed by atoms with Gasteiger partial charge < -0.3 is 9.84 Å². The first kappa shape index (κ1) is 23.1. The molecule has 0 saturated heterocycles. The molecule has 0 fully saturated rings. The molecular weight excluding hydrogens is 448 g/mol. The van der Waals surface area contributed by atoms with E-state index >= 15 is 0 Å². The monoisotopic (exact) mass is 472 g/mol. The van der Waals surface area contributed by atoms with E-state index in [1.54, 1.807) is 36.4 Å². The zero-order valence-electron chi connectivity index (χ0n) is 19.1. The summed E-state index contributed by atoms with van der Waals surface area (Å²) in [5, 5.41) is 19.4. The first-order valence-electron chi connectivity index (χ1n) is 10.8. The lowest BCUT2D eigenvalue weighted by Gasteiger charge is -2.16. The summed E-state index contributed by atoms with van der Waals surface area (Å²) in [6.45, 7) is 6.38. The van der Waals surface area contributed by atoms with Gasteiger partial charge in [0.25, 0.3) is 5.56 Å². The Morgan fingerprint density at radius 1 is 0.824 bits per heavy atom. The minimum Gasteiger partial charge on any atom is -0.494 e. The lowest BCUT2D eigenvalue weighted by Crippen LogP contribution is -2.23. The van der Waals surface area contributed by atoms with Crippen molar-refractivity contribution in [1.29, 1.82) is 0 Å². The number of rotatable bonds is 6. The molecule has 172 valence electrons. The number of nitrogens with zero attached hydrogens (tertiary/aromatic N) is 4. The van der Waals surface area contributed by atoms with Crippen LogP contribution < -0.4 is 10.3 Å². The predicted molar refractivity (Wildman–Crippen MR) is 135 cm³/mol. The van der Waals surface area contributed by atoms with E-state index in [1.165, 1.54) is 9.13 Å². The molecule has 0 radical (unpaired) electrons. The number of ether oxygens (including phenoxy) is 1. The van der Waals surface area contributed by atoms with Gasteiger partial charge in [0.15, 0.2) is 4.77 Å². The van der Waals surface area contributed by atoms with Gasteiger partial charge in [0.2, 0.25) is 11.6 Å². The lowest BCUT2D eigenvalue weighted by atomic mass is 10.2. The highest BCUT2D eigenvalue weighted by Gasteiger charge is 2.19. The molecule has 0 aliphatic rings. The average Bonchev–Trinajstić information content (AvgIpc) is 2.82. The normalized spacial score (nSPS) is 11.1. The number of benzene rings is 3. The third-order valence-corrected chi connectivity index (χ3v) is 5.57. The second-order valence-corrected chi connectivity index (χ2v) is 8.09. The van der Waals surface area contributed by atoms with Crippen LogP contribution in [-0.2, 0) is 0 Å². The van der Waals surface area contributed by atoms with Crippen LogP contribution in [0.15, 0.2) is 87.8 Å². The zero-order chi connectivity index (χ0) is 24.2. The average molecular weight is 473 g/mol. The number of hydrogen-bond donors (Lipinski definition) is 1. The van der Waals surface area contributed by atoms with E-state index in [2.05, 4.69) is 10.2 Å².